The summed E-state index contributed by atoms with van der Waals surface area (Å²) in [5.74, 6) is 1.73. The Morgan fingerprint density at radius 3 is 2.35 bits per heavy atom. The minimum Gasteiger partial charge on any atom is -0.493 e. The van der Waals surface area contributed by atoms with Gasteiger partial charge in [-0.2, -0.15) is 0 Å². The summed E-state index contributed by atoms with van der Waals surface area (Å²) in [4.78, 5) is 13.0. The van der Waals surface area contributed by atoms with Crippen LogP contribution in [0, 0.1) is 6.92 Å². The second-order valence-electron chi connectivity index (χ2n) is 6.09. The van der Waals surface area contributed by atoms with Crippen molar-refractivity contribution in [2.75, 3.05) is 27.3 Å². The molecule has 2 aromatic carbocycles. The van der Waals surface area contributed by atoms with Crippen LogP contribution in [0.2, 0.25) is 0 Å². The molecule has 2 aromatic rings. The van der Waals surface area contributed by atoms with E-state index in [9.17, 15) is 4.79 Å². The van der Waals surface area contributed by atoms with E-state index in [4.69, 9.17) is 14.2 Å². The van der Waals surface area contributed by atoms with Gasteiger partial charge in [0.1, 0.15) is 5.75 Å². The Morgan fingerprint density at radius 1 is 1.08 bits per heavy atom. The highest BCUT2D eigenvalue weighted by Gasteiger charge is 2.32. The van der Waals surface area contributed by atoms with Crippen molar-refractivity contribution in [3.63, 3.8) is 0 Å². The number of ketones is 1. The monoisotopic (exact) mass is 353 g/mol. The van der Waals surface area contributed by atoms with Gasteiger partial charge >= 0.3 is 0 Å². The minimum atomic E-state index is -0.144. The lowest BCUT2D eigenvalue weighted by molar-refractivity contribution is 0.101. The lowest BCUT2D eigenvalue weighted by atomic mass is 10.00. The fraction of sp³-hybridized carbons (Fsp3) is 0.286. The zero-order valence-corrected chi connectivity index (χ0v) is 15.5. The van der Waals surface area contributed by atoms with Gasteiger partial charge in [-0.25, -0.2) is 0 Å². The quantitative estimate of drug-likeness (QED) is 0.804. The van der Waals surface area contributed by atoms with Crippen LogP contribution >= 0.6 is 0 Å². The van der Waals surface area contributed by atoms with Crippen LogP contribution in [0.1, 0.15) is 28.4 Å². The number of Topliss-reactive ketones (excluding diaryl/α,β-unsaturated/α-hetero) is 1. The number of allylic oxidation sites excluding steroid dienone is 1. The van der Waals surface area contributed by atoms with Crippen molar-refractivity contribution in [1.29, 1.82) is 0 Å². The van der Waals surface area contributed by atoms with E-state index in [2.05, 4.69) is 5.32 Å². The molecule has 5 nitrogen and oxygen atoms in total. The van der Waals surface area contributed by atoms with E-state index in [1.165, 1.54) is 0 Å². The molecule has 0 atom stereocenters. The number of carbonyl (C=O) groups excluding carboxylic acids is 1. The highest BCUT2D eigenvalue weighted by molar-refractivity contribution is 6.16. The second-order valence-corrected chi connectivity index (χ2v) is 6.09. The molecule has 3 rings (SSSR count). The number of likely N-dealkylation sites (N-methyl/N-ethyl adjacent to an activating group) is 1. The third-order valence-electron chi connectivity index (χ3n) is 4.37. The van der Waals surface area contributed by atoms with Crippen molar-refractivity contribution in [2.45, 2.75) is 13.8 Å². The molecule has 1 N–H and O–H groups in total. The molecule has 5 heteroatoms. The Bertz CT molecular complexity index is 853. The summed E-state index contributed by atoms with van der Waals surface area (Å²) < 4.78 is 16.6. The van der Waals surface area contributed by atoms with Gasteiger partial charge in [-0.1, -0.05) is 36.8 Å². The number of nitrogens with one attached hydrogen (secondary N) is 1. The van der Waals surface area contributed by atoms with Gasteiger partial charge in [-0.3, -0.25) is 4.79 Å². The molecular weight excluding hydrogens is 330 g/mol. The molecule has 0 fully saturated rings. The molecule has 1 heterocycles. The molecule has 0 bridgehead atoms. The summed E-state index contributed by atoms with van der Waals surface area (Å²) in [6.07, 6.45) is 0. The number of hydrogen-bond acceptors (Lipinski definition) is 5. The molecule has 0 aromatic heterocycles. The summed E-state index contributed by atoms with van der Waals surface area (Å²) in [5.41, 5.74) is 3.45. The van der Waals surface area contributed by atoms with Gasteiger partial charge in [0.2, 0.25) is 5.78 Å². The Balaban J connectivity index is 2.09. The summed E-state index contributed by atoms with van der Waals surface area (Å²) in [6.45, 7) is 5.40. The van der Waals surface area contributed by atoms with E-state index in [1.54, 1.807) is 26.4 Å². The maximum absolute atomic E-state index is 13.0. The molecule has 0 amide bonds. The summed E-state index contributed by atoms with van der Waals surface area (Å²) >= 11 is 0. The van der Waals surface area contributed by atoms with Gasteiger partial charge in [0.25, 0.3) is 0 Å². The second kappa shape index (κ2) is 7.62. The fourth-order valence-corrected chi connectivity index (χ4v) is 2.92. The SMILES string of the molecule is CCNCC(=C1Oc2cc(OC)c(OC)cc2C1=O)c1ccc(C)cc1. The zero-order chi connectivity index (χ0) is 18.7. The van der Waals surface area contributed by atoms with Crippen LogP contribution in [-0.2, 0) is 0 Å². The normalized spacial score (nSPS) is 14.7. The van der Waals surface area contributed by atoms with Crippen LogP contribution in [0.15, 0.2) is 42.2 Å². The molecule has 0 spiro atoms. The fourth-order valence-electron chi connectivity index (χ4n) is 2.92. The maximum atomic E-state index is 13.0. The molecule has 0 aliphatic carbocycles. The average molecular weight is 353 g/mol. The van der Waals surface area contributed by atoms with Crippen LogP contribution in [0.5, 0.6) is 17.2 Å². The standard InChI is InChI=1S/C21H23NO4/c1-5-22-12-16(14-8-6-13(2)7-9-14)21-20(23)15-10-18(24-3)19(25-4)11-17(15)26-21/h6-11,22H,5,12H2,1-4H3. The first-order valence-electron chi connectivity index (χ1n) is 8.58. The molecule has 0 saturated heterocycles. The molecule has 0 radical (unpaired) electrons. The number of aryl methyl sites for hydroxylation is 1. The highest BCUT2D eigenvalue weighted by Crippen LogP contribution is 2.41. The van der Waals surface area contributed by atoms with Crippen LogP contribution < -0.4 is 19.5 Å². The Hall–Kier alpha value is -2.79. The van der Waals surface area contributed by atoms with Gasteiger partial charge in [-0.15, -0.1) is 0 Å². The molecule has 0 saturated carbocycles. The first kappa shape index (κ1) is 18.0. The minimum absolute atomic E-state index is 0.144. The number of carbonyl (C=O) groups is 1. The Kier molecular flexibility index (Phi) is 5.28. The summed E-state index contributed by atoms with van der Waals surface area (Å²) in [7, 11) is 3.10. The first-order chi connectivity index (χ1) is 12.6. The van der Waals surface area contributed by atoms with E-state index >= 15 is 0 Å². The van der Waals surface area contributed by atoms with Crippen LogP contribution in [0.4, 0.5) is 0 Å². The predicted octanol–water partition coefficient (Wildman–Crippen LogP) is 3.61. The zero-order valence-electron chi connectivity index (χ0n) is 15.5. The largest absolute Gasteiger partial charge is 0.493 e. The van der Waals surface area contributed by atoms with Crippen molar-refractivity contribution in [1.82, 2.24) is 5.32 Å². The van der Waals surface area contributed by atoms with Gasteiger partial charge in [0, 0.05) is 18.2 Å². The molecule has 26 heavy (non-hydrogen) atoms. The van der Waals surface area contributed by atoms with Gasteiger partial charge in [0.15, 0.2) is 17.3 Å². The van der Waals surface area contributed by atoms with Crippen LogP contribution in [-0.4, -0.2) is 33.1 Å². The van der Waals surface area contributed by atoms with Gasteiger partial charge in [0.05, 0.1) is 19.8 Å². The third-order valence-corrected chi connectivity index (χ3v) is 4.37. The Morgan fingerprint density at radius 2 is 1.73 bits per heavy atom. The summed E-state index contributed by atoms with van der Waals surface area (Å²) in [6, 6.07) is 11.4. The van der Waals surface area contributed by atoms with E-state index in [-0.39, 0.29) is 5.78 Å². The molecule has 1 aliphatic heterocycles. The average Bonchev–Trinajstić information content (AvgIpc) is 2.98. The molecule has 1 aliphatic rings. The van der Waals surface area contributed by atoms with Crippen molar-refractivity contribution < 1.29 is 19.0 Å². The first-order valence-corrected chi connectivity index (χ1v) is 8.58. The third kappa shape index (κ3) is 3.30. The van der Waals surface area contributed by atoms with E-state index < -0.39 is 0 Å². The Labute approximate surface area is 153 Å². The number of fused-ring (bicyclic) bond motifs is 1. The highest BCUT2D eigenvalue weighted by atomic mass is 16.5. The lowest BCUT2D eigenvalue weighted by Gasteiger charge is -2.12. The summed E-state index contributed by atoms with van der Waals surface area (Å²) in [5, 5.41) is 3.29. The maximum Gasteiger partial charge on any atom is 0.232 e. The smallest absolute Gasteiger partial charge is 0.232 e. The predicted molar refractivity (Wildman–Crippen MR) is 101 cm³/mol. The van der Waals surface area contributed by atoms with E-state index in [0.717, 1.165) is 23.2 Å². The lowest BCUT2D eigenvalue weighted by Crippen LogP contribution is -2.18. The topological polar surface area (TPSA) is 56.8 Å². The molecule has 136 valence electrons. The van der Waals surface area contributed by atoms with Crippen molar-refractivity contribution in [3.8, 4) is 17.2 Å². The number of benzene rings is 2. The van der Waals surface area contributed by atoms with Crippen molar-refractivity contribution in [2.24, 2.45) is 0 Å². The van der Waals surface area contributed by atoms with Gasteiger partial charge in [-0.05, 0) is 25.1 Å². The van der Waals surface area contributed by atoms with Crippen molar-refractivity contribution >= 4 is 11.4 Å². The number of hydrogen-bond donors (Lipinski definition) is 1. The van der Waals surface area contributed by atoms with E-state index in [1.807, 2.05) is 38.1 Å². The van der Waals surface area contributed by atoms with Crippen molar-refractivity contribution in [3.05, 3.63) is 58.8 Å². The van der Waals surface area contributed by atoms with Crippen LogP contribution in [0.25, 0.3) is 5.57 Å². The van der Waals surface area contributed by atoms with Crippen LogP contribution in [0.3, 0.4) is 0 Å². The van der Waals surface area contributed by atoms with Gasteiger partial charge < -0.3 is 19.5 Å². The number of methoxy groups -OCH3 is 2. The number of rotatable bonds is 6. The molecule has 0 unspecified atom stereocenters. The van der Waals surface area contributed by atoms with E-state index in [0.29, 0.717) is 35.1 Å². The molecular formula is C21H23NO4. The number of ether oxygens (including phenoxy) is 3.